The summed E-state index contributed by atoms with van der Waals surface area (Å²) >= 11 is -2.49. The van der Waals surface area contributed by atoms with Crippen molar-refractivity contribution in [1.29, 1.82) is 0 Å². The van der Waals surface area contributed by atoms with Gasteiger partial charge in [-0.3, -0.25) is 0 Å². The molecule has 0 unspecified atom stereocenters. The molecule has 0 atom stereocenters. The second kappa shape index (κ2) is 13.2. The minimum absolute atomic E-state index is 0.138. The molecular weight excluding hydrogens is 423 g/mol. The molecule has 0 radical (unpaired) electrons. The van der Waals surface area contributed by atoms with Gasteiger partial charge < -0.3 is 0 Å². The van der Waals surface area contributed by atoms with Gasteiger partial charge in [0.15, 0.2) is 0 Å². The van der Waals surface area contributed by atoms with Crippen LogP contribution in [0.15, 0.2) is 40.0 Å². The minimum atomic E-state index is -2.49. The number of ketones is 1. The summed E-state index contributed by atoms with van der Waals surface area (Å²) < 4.78 is 6.56. The molecule has 0 heterocycles. The first-order chi connectivity index (χ1) is 12.6. The van der Waals surface area contributed by atoms with Gasteiger partial charge >= 0.3 is 166 Å². The standard InChI is InChI=1S/C12H9O.3C4H9.Sn/c1-10(11(2)13)8-9-12-6-4-3-5-7-12;3*1-3-4-2;/h1,3-7H,2H3;3*1,3-4H2,2H3;. The van der Waals surface area contributed by atoms with E-state index < -0.39 is 18.4 Å². The molecule has 0 bridgehead atoms. The van der Waals surface area contributed by atoms with Gasteiger partial charge in [0, 0.05) is 0 Å². The number of rotatable bonds is 11. The number of unbranched alkanes of at least 4 members (excludes halogenated alkanes) is 3. The van der Waals surface area contributed by atoms with Crippen molar-refractivity contribution in [2.75, 3.05) is 0 Å². The summed E-state index contributed by atoms with van der Waals surface area (Å²) in [6.45, 7) is 8.52. The Bertz CT molecular complexity index is 597. The molecule has 1 aromatic carbocycles. The van der Waals surface area contributed by atoms with Gasteiger partial charge in [-0.15, -0.1) is 0 Å². The molecule has 0 saturated heterocycles. The van der Waals surface area contributed by atoms with E-state index in [1.807, 2.05) is 30.3 Å². The molecule has 0 fully saturated rings. The summed E-state index contributed by atoms with van der Waals surface area (Å²) in [4.78, 5) is 12.3. The van der Waals surface area contributed by atoms with Crippen molar-refractivity contribution in [3.8, 4) is 11.8 Å². The summed E-state index contributed by atoms with van der Waals surface area (Å²) in [6, 6.07) is 10.00. The van der Waals surface area contributed by atoms with Gasteiger partial charge in [-0.1, -0.05) is 0 Å². The number of benzene rings is 1. The second-order valence-corrected chi connectivity index (χ2v) is 20.3. The molecule has 0 spiro atoms. The Labute approximate surface area is 165 Å². The third-order valence-corrected chi connectivity index (χ3v) is 19.2. The number of carbonyl (C=O) groups excluding carboxylic acids is 1. The quantitative estimate of drug-likeness (QED) is 0.199. The zero-order valence-electron chi connectivity index (χ0n) is 17.2. The topological polar surface area (TPSA) is 17.1 Å². The maximum absolute atomic E-state index is 12.3. The molecule has 0 aliphatic carbocycles. The average molecular weight is 459 g/mol. The molecule has 0 aliphatic rings. The Morgan fingerprint density at radius 3 is 1.85 bits per heavy atom. The summed E-state index contributed by atoms with van der Waals surface area (Å²) in [5.74, 6) is 6.58. The number of hydrogen-bond acceptors (Lipinski definition) is 1. The van der Waals surface area contributed by atoms with Crippen molar-refractivity contribution in [2.45, 2.75) is 79.5 Å². The fraction of sp³-hybridized carbons (Fsp3) is 0.542. The van der Waals surface area contributed by atoms with Crippen LogP contribution in [0.25, 0.3) is 0 Å². The van der Waals surface area contributed by atoms with Gasteiger partial charge in [0.25, 0.3) is 0 Å². The molecule has 2 heteroatoms. The number of Topliss-reactive ketones (excluding diaryl/α,β-unsaturated/α-hetero) is 1. The van der Waals surface area contributed by atoms with Crippen LogP contribution >= 0.6 is 0 Å². The van der Waals surface area contributed by atoms with Crippen LogP contribution in [-0.2, 0) is 4.79 Å². The van der Waals surface area contributed by atoms with Crippen molar-refractivity contribution in [3.63, 3.8) is 0 Å². The molecule has 26 heavy (non-hydrogen) atoms. The first-order valence-corrected chi connectivity index (χ1v) is 18.1. The number of carbonyl (C=O) groups is 1. The summed E-state index contributed by atoms with van der Waals surface area (Å²) in [5, 5.41) is 0. The van der Waals surface area contributed by atoms with Crippen molar-refractivity contribution < 1.29 is 4.79 Å². The van der Waals surface area contributed by atoms with Crippen molar-refractivity contribution in [2.24, 2.45) is 0 Å². The van der Waals surface area contributed by atoms with Crippen LogP contribution in [-0.4, -0.2) is 24.2 Å². The van der Waals surface area contributed by atoms with Crippen LogP contribution in [0.5, 0.6) is 0 Å². The van der Waals surface area contributed by atoms with Gasteiger partial charge in [-0.05, 0) is 0 Å². The van der Waals surface area contributed by atoms with Gasteiger partial charge in [0.1, 0.15) is 0 Å². The number of allylic oxidation sites excluding steroid dienone is 1. The normalized spacial score (nSPS) is 11.8. The monoisotopic (exact) mass is 460 g/mol. The van der Waals surface area contributed by atoms with E-state index in [2.05, 4.69) is 36.7 Å². The van der Waals surface area contributed by atoms with Gasteiger partial charge in [-0.25, -0.2) is 0 Å². The molecule has 0 saturated carbocycles. The molecule has 0 amide bonds. The molecule has 142 valence electrons. The summed E-state index contributed by atoms with van der Waals surface area (Å²) in [5.41, 5.74) is 1.77. The Balaban J connectivity index is 3.23. The van der Waals surface area contributed by atoms with E-state index in [1.165, 1.54) is 51.8 Å². The Kier molecular flexibility index (Phi) is 11.7. The predicted octanol–water partition coefficient (Wildman–Crippen LogP) is 6.94. The molecule has 0 aliphatic heterocycles. The zero-order chi connectivity index (χ0) is 19.3. The average Bonchev–Trinajstić information content (AvgIpc) is 2.66. The van der Waals surface area contributed by atoms with E-state index in [9.17, 15) is 4.79 Å². The zero-order valence-corrected chi connectivity index (χ0v) is 20.1. The number of hydrogen-bond donors (Lipinski definition) is 0. The fourth-order valence-corrected chi connectivity index (χ4v) is 18.3. The molecular formula is C24H36OSn. The van der Waals surface area contributed by atoms with Crippen LogP contribution in [0, 0.1) is 11.8 Å². The third-order valence-electron chi connectivity index (χ3n) is 5.03. The molecule has 1 nitrogen and oxygen atoms in total. The molecule has 0 aromatic heterocycles. The van der Waals surface area contributed by atoms with Crippen LogP contribution in [0.3, 0.4) is 0 Å². The van der Waals surface area contributed by atoms with Crippen LogP contribution in [0.2, 0.25) is 13.3 Å². The van der Waals surface area contributed by atoms with Crippen molar-refractivity contribution in [3.05, 3.63) is 45.6 Å². The van der Waals surface area contributed by atoms with Crippen molar-refractivity contribution >= 4 is 24.2 Å². The second-order valence-electron chi connectivity index (χ2n) is 7.40. The third kappa shape index (κ3) is 8.58. The van der Waals surface area contributed by atoms with E-state index in [0.29, 0.717) is 0 Å². The van der Waals surface area contributed by atoms with E-state index in [0.717, 1.165) is 11.1 Å². The first kappa shape index (κ1) is 23.0. The van der Waals surface area contributed by atoms with Gasteiger partial charge in [0.2, 0.25) is 0 Å². The summed E-state index contributed by atoms with van der Waals surface area (Å²) in [6.07, 6.45) is 7.65. The van der Waals surface area contributed by atoms with Crippen molar-refractivity contribution in [1.82, 2.24) is 0 Å². The van der Waals surface area contributed by atoms with E-state index in [1.54, 1.807) is 6.92 Å². The fourth-order valence-electron chi connectivity index (χ4n) is 3.37. The molecule has 1 rings (SSSR count). The Hall–Kier alpha value is -1.01. The Morgan fingerprint density at radius 2 is 1.42 bits per heavy atom. The summed E-state index contributed by atoms with van der Waals surface area (Å²) in [7, 11) is 0. The predicted molar refractivity (Wildman–Crippen MR) is 117 cm³/mol. The van der Waals surface area contributed by atoms with Crippen LogP contribution < -0.4 is 0 Å². The van der Waals surface area contributed by atoms with Crippen LogP contribution in [0.4, 0.5) is 0 Å². The molecule has 1 aromatic rings. The Morgan fingerprint density at radius 1 is 0.923 bits per heavy atom. The molecule has 0 N–H and O–H groups in total. The first-order valence-electron chi connectivity index (χ1n) is 10.4. The maximum atomic E-state index is 12.3. The van der Waals surface area contributed by atoms with Crippen LogP contribution in [0.1, 0.15) is 71.8 Å². The van der Waals surface area contributed by atoms with Gasteiger partial charge in [-0.2, -0.15) is 0 Å². The SMILES string of the molecule is CCC[CH2][Sn](/[CH]=C(\C#Cc1ccccc1)C(C)=O)([CH2]CCC)[CH2]CCC. The van der Waals surface area contributed by atoms with Gasteiger partial charge in [0.05, 0.1) is 0 Å². The van der Waals surface area contributed by atoms with E-state index in [4.69, 9.17) is 0 Å². The van der Waals surface area contributed by atoms with E-state index in [-0.39, 0.29) is 5.78 Å². The van der Waals surface area contributed by atoms with E-state index >= 15 is 0 Å².